The summed E-state index contributed by atoms with van der Waals surface area (Å²) in [4.78, 5) is 28.3. The third kappa shape index (κ3) is 4.81. The standard InChI is InChI=1S/C20H21NO3/c1-3-15-10-11-17(16(4-2)14-15)12-13-19(22)21-24-20(23)18-8-6-5-7-9-18/h5-14H,3-4H2,1-2H3,(H,21,22). The highest BCUT2D eigenvalue weighted by atomic mass is 16.7. The number of rotatable bonds is 5. The van der Waals surface area contributed by atoms with E-state index in [2.05, 4.69) is 25.4 Å². The lowest BCUT2D eigenvalue weighted by Gasteiger charge is -2.06. The van der Waals surface area contributed by atoms with Crippen molar-refractivity contribution >= 4 is 18.0 Å². The quantitative estimate of drug-likeness (QED) is 0.674. The average Bonchev–Trinajstić information content (AvgIpc) is 2.64. The smallest absolute Gasteiger partial charge is 0.335 e. The SMILES string of the molecule is CCc1ccc(C=CC(=O)NOC(=O)c2ccccc2)c(CC)c1. The fourth-order valence-corrected chi connectivity index (χ4v) is 2.28. The molecule has 1 N–H and O–H groups in total. The summed E-state index contributed by atoms with van der Waals surface area (Å²) < 4.78 is 0. The maximum Gasteiger partial charge on any atom is 0.362 e. The number of nitrogens with one attached hydrogen (secondary N) is 1. The van der Waals surface area contributed by atoms with Crippen LogP contribution in [0.3, 0.4) is 0 Å². The summed E-state index contributed by atoms with van der Waals surface area (Å²) in [6.07, 6.45) is 4.95. The Bertz CT molecular complexity index is 736. The molecule has 1 amide bonds. The number of carbonyl (C=O) groups is 2. The van der Waals surface area contributed by atoms with Crippen LogP contribution in [0.25, 0.3) is 6.08 Å². The van der Waals surface area contributed by atoms with Crippen molar-refractivity contribution in [3.63, 3.8) is 0 Å². The molecule has 2 rings (SSSR count). The largest absolute Gasteiger partial charge is 0.362 e. The van der Waals surface area contributed by atoms with E-state index >= 15 is 0 Å². The maximum atomic E-state index is 11.8. The minimum absolute atomic E-state index is 0.380. The molecule has 4 heteroatoms. The van der Waals surface area contributed by atoms with E-state index in [4.69, 9.17) is 4.84 Å². The third-order valence-corrected chi connectivity index (χ3v) is 3.66. The number of aryl methyl sites for hydroxylation is 2. The van der Waals surface area contributed by atoms with Crippen LogP contribution in [0.1, 0.15) is 40.9 Å². The molecule has 0 unspecified atom stereocenters. The lowest BCUT2D eigenvalue weighted by Crippen LogP contribution is -2.25. The van der Waals surface area contributed by atoms with Crippen molar-refractivity contribution in [2.45, 2.75) is 26.7 Å². The van der Waals surface area contributed by atoms with E-state index in [1.807, 2.05) is 12.1 Å². The highest BCUT2D eigenvalue weighted by Crippen LogP contribution is 2.15. The second kappa shape index (κ2) is 8.67. The Morgan fingerprint density at radius 1 is 1.04 bits per heavy atom. The van der Waals surface area contributed by atoms with Gasteiger partial charge in [-0.15, -0.1) is 0 Å². The zero-order valence-electron chi connectivity index (χ0n) is 13.9. The van der Waals surface area contributed by atoms with E-state index in [0.717, 1.165) is 18.4 Å². The molecule has 0 radical (unpaired) electrons. The van der Waals surface area contributed by atoms with Gasteiger partial charge in [-0.25, -0.2) is 4.79 Å². The fraction of sp³-hybridized carbons (Fsp3) is 0.200. The molecule has 0 heterocycles. The number of amides is 1. The molecular formula is C20H21NO3. The monoisotopic (exact) mass is 323 g/mol. The second-order valence-electron chi connectivity index (χ2n) is 5.30. The Morgan fingerprint density at radius 2 is 1.79 bits per heavy atom. The fourth-order valence-electron chi connectivity index (χ4n) is 2.28. The van der Waals surface area contributed by atoms with Crippen molar-refractivity contribution in [2.75, 3.05) is 0 Å². The average molecular weight is 323 g/mol. The lowest BCUT2D eigenvalue weighted by molar-refractivity contribution is -0.124. The number of carbonyl (C=O) groups excluding carboxylic acids is 2. The first-order chi connectivity index (χ1) is 11.6. The van der Waals surface area contributed by atoms with Crippen molar-refractivity contribution < 1.29 is 14.4 Å². The maximum absolute atomic E-state index is 11.8. The highest BCUT2D eigenvalue weighted by molar-refractivity contribution is 5.94. The van der Waals surface area contributed by atoms with Gasteiger partial charge in [-0.1, -0.05) is 50.2 Å². The summed E-state index contributed by atoms with van der Waals surface area (Å²) in [6, 6.07) is 14.7. The van der Waals surface area contributed by atoms with E-state index in [-0.39, 0.29) is 0 Å². The van der Waals surface area contributed by atoms with Crippen LogP contribution in [0.4, 0.5) is 0 Å². The number of benzene rings is 2. The van der Waals surface area contributed by atoms with Crippen LogP contribution in [-0.4, -0.2) is 11.9 Å². The first-order valence-electron chi connectivity index (χ1n) is 8.00. The van der Waals surface area contributed by atoms with Gasteiger partial charge in [0.1, 0.15) is 0 Å². The molecule has 0 aliphatic carbocycles. The van der Waals surface area contributed by atoms with Gasteiger partial charge in [-0.2, -0.15) is 5.48 Å². The molecule has 124 valence electrons. The summed E-state index contributed by atoms with van der Waals surface area (Å²) in [6.45, 7) is 4.19. The van der Waals surface area contributed by atoms with E-state index in [1.165, 1.54) is 17.2 Å². The van der Waals surface area contributed by atoms with E-state index in [9.17, 15) is 9.59 Å². The Labute approximate surface area is 142 Å². The molecule has 24 heavy (non-hydrogen) atoms. The molecule has 0 aromatic heterocycles. The molecule has 0 aliphatic rings. The molecule has 4 nitrogen and oxygen atoms in total. The zero-order chi connectivity index (χ0) is 17.4. The van der Waals surface area contributed by atoms with Crippen LogP contribution < -0.4 is 5.48 Å². The number of hydrogen-bond donors (Lipinski definition) is 1. The van der Waals surface area contributed by atoms with Crippen molar-refractivity contribution in [3.05, 3.63) is 76.9 Å². The Morgan fingerprint density at radius 3 is 2.46 bits per heavy atom. The molecule has 0 spiro atoms. The molecule has 2 aromatic rings. The third-order valence-electron chi connectivity index (χ3n) is 3.66. The van der Waals surface area contributed by atoms with Crippen LogP contribution >= 0.6 is 0 Å². The van der Waals surface area contributed by atoms with E-state index in [0.29, 0.717) is 5.56 Å². The Kier molecular flexibility index (Phi) is 6.32. The van der Waals surface area contributed by atoms with Gasteiger partial charge < -0.3 is 4.84 Å². The zero-order valence-corrected chi connectivity index (χ0v) is 13.9. The summed E-state index contributed by atoms with van der Waals surface area (Å²) >= 11 is 0. The van der Waals surface area contributed by atoms with Crippen LogP contribution in [0.2, 0.25) is 0 Å². The molecule has 0 saturated carbocycles. The van der Waals surface area contributed by atoms with Crippen molar-refractivity contribution in [1.82, 2.24) is 5.48 Å². The van der Waals surface area contributed by atoms with Crippen molar-refractivity contribution in [1.29, 1.82) is 0 Å². The van der Waals surface area contributed by atoms with Crippen molar-refractivity contribution in [2.24, 2.45) is 0 Å². The van der Waals surface area contributed by atoms with Gasteiger partial charge in [-0.05, 0) is 47.7 Å². The van der Waals surface area contributed by atoms with Gasteiger partial charge in [0.15, 0.2) is 0 Å². The van der Waals surface area contributed by atoms with Crippen LogP contribution in [-0.2, 0) is 22.5 Å². The molecular weight excluding hydrogens is 302 g/mol. The predicted octanol–water partition coefficient (Wildman–Crippen LogP) is 3.71. The normalized spacial score (nSPS) is 10.6. The van der Waals surface area contributed by atoms with Crippen LogP contribution in [0.5, 0.6) is 0 Å². The number of hydroxylamine groups is 1. The van der Waals surface area contributed by atoms with Gasteiger partial charge >= 0.3 is 5.97 Å². The van der Waals surface area contributed by atoms with Gasteiger partial charge in [0.05, 0.1) is 5.56 Å². The molecule has 0 bridgehead atoms. The lowest BCUT2D eigenvalue weighted by atomic mass is 10.0. The molecule has 2 aromatic carbocycles. The minimum Gasteiger partial charge on any atom is -0.335 e. The van der Waals surface area contributed by atoms with E-state index in [1.54, 1.807) is 36.4 Å². The summed E-state index contributed by atoms with van der Waals surface area (Å²) in [5, 5.41) is 0. The summed E-state index contributed by atoms with van der Waals surface area (Å²) in [5.74, 6) is -1.08. The van der Waals surface area contributed by atoms with Crippen LogP contribution in [0.15, 0.2) is 54.6 Å². The summed E-state index contributed by atoms with van der Waals surface area (Å²) in [5.41, 5.74) is 5.95. The molecule has 0 aliphatic heterocycles. The van der Waals surface area contributed by atoms with Gasteiger partial charge in [0.2, 0.25) is 0 Å². The first-order valence-corrected chi connectivity index (χ1v) is 8.00. The topological polar surface area (TPSA) is 55.4 Å². The first kappa shape index (κ1) is 17.5. The van der Waals surface area contributed by atoms with E-state index < -0.39 is 11.9 Å². The molecule has 0 fully saturated rings. The van der Waals surface area contributed by atoms with Gasteiger partial charge in [0, 0.05) is 6.08 Å². The van der Waals surface area contributed by atoms with Crippen LogP contribution in [0, 0.1) is 0 Å². The molecule has 0 atom stereocenters. The van der Waals surface area contributed by atoms with Crippen molar-refractivity contribution in [3.8, 4) is 0 Å². The highest BCUT2D eigenvalue weighted by Gasteiger charge is 2.07. The molecule has 0 saturated heterocycles. The van der Waals surface area contributed by atoms with Gasteiger partial charge in [0.25, 0.3) is 5.91 Å². The summed E-state index contributed by atoms with van der Waals surface area (Å²) in [7, 11) is 0. The predicted molar refractivity (Wildman–Crippen MR) is 94.2 cm³/mol. The Balaban J connectivity index is 1.95. The minimum atomic E-state index is -0.598. The number of hydrogen-bond acceptors (Lipinski definition) is 3. The Hall–Kier alpha value is -2.88. The second-order valence-corrected chi connectivity index (χ2v) is 5.30. The van der Waals surface area contributed by atoms with Gasteiger partial charge in [-0.3, -0.25) is 4.79 Å².